The zero-order valence-corrected chi connectivity index (χ0v) is 19.0. The highest BCUT2D eigenvalue weighted by molar-refractivity contribution is 5.83. The molecule has 0 bridgehead atoms. The van der Waals surface area contributed by atoms with Crippen LogP contribution in [-0.2, 0) is 19.1 Å². The Morgan fingerprint density at radius 2 is 1.84 bits per heavy atom. The van der Waals surface area contributed by atoms with Crippen molar-refractivity contribution in [2.24, 2.45) is 5.41 Å². The smallest absolute Gasteiger partial charge is 0.248 e. The minimum Gasteiger partial charge on any atom is -0.488 e. The van der Waals surface area contributed by atoms with Crippen LogP contribution >= 0.6 is 0 Å². The van der Waals surface area contributed by atoms with Crippen molar-refractivity contribution < 1.29 is 28.2 Å². The number of halogens is 1. The van der Waals surface area contributed by atoms with Gasteiger partial charge in [0.25, 0.3) is 0 Å². The maximum atomic E-state index is 13.5. The van der Waals surface area contributed by atoms with Crippen LogP contribution in [0.5, 0.6) is 5.75 Å². The average molecular weight is 449 g/mol. The number of amides is 2. The SMILES string of the molecule is COCC(=O)N1CCC(C)(C(=O)N2CCC[C@]3(C[C@@H](Oc4ccc(F)cc4)CO3)C2)CC1. The molecule has 3 fully saturated rings. The van der Waals surface area contributed by atoms with Gasteiger partial charge in [0, 0.05) is 45.1 Å². The molecule has 0 aliphatic carbocycles. The van der Waals surface area contributed by atoms with Gasteiger partial charge >= 0.3 is 0 Å². The van der Waals surface area contributed by atoms with Gasteiger partial charge in [0.05, 0.1) is 12.2 Å². The molecule has 32 heavy (non-hydrogen) atoms. The zero-order chi connectivity index (χ0) is 22.8. The summed E-state index contributed by atoms with van der Waals surface area (Å²) >= 11 is 0. The first-order valence-electron chi connectivity index (χ1n) is 11.4. The Labute approximate surface area is 188 Å². The number of likely N-dealkylation sites (tertiary alicyclic amines) is 2. The second-order valence-electron chi connectivity index (χ2n) is 9.60. The molecule has 3 aliphatic rings. The third-order valence-electron chi connectivity index (χ3n) is 7.12. The summed E-state index contributed by atoms with van der Waals surface area (Å²) in [5.74, 6) is 0.468. The fourth-order valence-corrected chi connectivity index (χ4v) is 5.20. The van der Waals surface area contributed by atoms with Gasteiger partial charge < -0.3 is 24.0 Å². The lowest BCUT2D eigenvalue weighted by Crippen LogP contribution is -2.56. The Bertz CT molecular complexity index is 824. The van der Waals surface area contributed by atoms with Crippen LogP contribution in [0.25, 0.3) is 0 Å². The number of rotatable bonds is 5. The van der Waals surface area contributed by atoms with Gasteiger partial charge in [0.15, 0.2) is 0 Å². The van der Waals surface area contributed by atoms with E-state index < -0.39 is 5.41 Å². The number of hydrogen-bond acceptors (Lipinski definition) is 5. The molecule has 2 atom stereocenters. The lowest BCUT2D eigenvalue weighted by Gasteiger charge is -2.45. The standard InChI is InChI=1S/C24H33FN2O5/c1-23(9-12-26(13-10-23)21(28)16-30-2)22(29)27-11-3-8-24(17-27)14-20(15-31-24)32-19-6-4-18(25)5-7-19/h4-7,20H,3,8-17H2,1-2H3/t20-,24+/m1/s1. The normalized spacial score (nSPS) is 27.5. The molecule has 8 heteroatoms. The monoisotopic (exact) mass is 448 g/mol. The lowest BCUT2D eigenvalue weighted by atomic mass is 9.78. The van der Waals surface area contributed by atoms with Gasteiger partial charge in [-0.25, -0.2) is 4.39 Å². The Kier molecular flexibility index (Phi) is 6.72. The van der Waals surface area contributed by atoms with Crippen LogP contribution in [0.3, 0.4) is 0 Å². The van der Waals surface area contributed by atoms with Gasteiger partial charge in [-0.2, -0.15) is 0 Å². The maximum absolute atomic E-state index is 13.5. The molecule has 176 valence electrons. The molecular weight excluding hydrogens is 415 g/mol. The van der Waals surface area contributed by atoms with E-state index in [1.165, 1.54) is 19.2 Å². The highest BCUT2D eigenvalue weighted by Crippen LogP contribution is 2.39. The molecule has 0 radical (unpaired) electrons. The maximum Gasteiger partial charge on any atom is 0.248 e. The average Bonchev–Trinajstić information content (AvgIpc) is 3.16. The highest BCUT2D eigenvalue weighted by atomic mass is 19.1. The van der Waals surface area contributed by atoms with E-state index in [0.717, 1.165) is 19.4 Å². The largest absolute Gasteiger partial charge is 0.488 e. The Balaban J connectivity index is 1.34. The molecule has 2 amide bonds. The lowest BCUT2D eigenvalue weighted by molar-refractivity contribution is -0.154. The van der Waals surface area contributed by atoms with Crippen molar-refractivity contribution in [3.63, 3.8) is 0 Å². The number of benzene rings is 1. The minimum atomic E-state index is -0.467. The molecule has 0 aromatic heterocycles. The van der Waals surface area contributed by atoms with Crippen molar-refractivity contribution in [2.45, 2.75) is 50.7 Å². The van der Waals surface area contributed by atoms with Crippen molar-refractivity contribution in [2.75, 3.05) is 46.5 Å². The first-order chi connectivity index (χ1) is 15.3. The van der Waals surface area contributed by atoms with Crippen molar-refractivity contribution in [1.82, 2.24) is 9.80 Å². The first kappa shape index (κ1) is 23.0. The van der Waals surface area contributed by atoms with Gasteiger partial charge in [-0.15, -0.1) is 0 Å². The van der Waals surface area contributed by atoms with Gasteiger partial charge in [0.1, 0.15) is 24.3 Å². The van der Waals surface area contributed by atoms with Crippen LogP contribution < -0.4 is 4.74 Å². The topological polar surface area (TPSA) is 68.3 Å². The van der Waals surface area contributed by atoms with E-state index in [0.29, 0.717) is 51.3 Å². The highest BCUT2D eigenvalue weighted by Gasteiger charge is 2.48. The predicted molar refractivity (Wildman–Crippen MR) is 116 cm³/mol. The van der Waals surface area contributed by atoms with Gasteiger partial charge in [-0.3, -0.25) is 9.59 Å². The summed E-state index contributed by atoms with van der Waals surface area (Å²) in [6.45, 7) is 5.02. The fraction of sp³-hybridized carbons (Fsp3) is 0.667. The number of nitrogens with zero attached hydrogens (tertiary/aromatic N) is 2. The molecule has 1 spiro atoms. The van der Waals surface area contributed by atoms with Crippen molar-refractivity contribution in [1.29, 1.82) is 0 Å². The van der Waals surface area contributed by atoms with Crippen LogP contribution in [0.2, 0.25) is 0 Å². The van der Waals surface area contributed by atoms with Gasteiger partial charge in [0.2, 0.25) is 11.8 Å². The predicted octanol–water partition coefficient (Wildman–Crippen LogP) is 2.63. The zero-order valence-electron chi connectivity index (χ0n) is 19.0. The van der Waals surface area contributed by atoms with Crippen LogP contribution in [0.4, 0.5) is 4.39 Å². The van der Waals surface area contributed by atoms with E-state index in [1.54, 1.807) is 17.0 Å². The second-order valence-corrected chi connectivity index (χ2v) is 9.60. The molecule has 0 saturated carbocycles. The van der Waals surface area contributed by atoms with E-state index in [-0.39, 0.29) is 35.9 Å². The summed E-state index contributed by atoms with van der Waals surface area (Å²) in [6, 6.07) is 6.02. The van der Waals surface area contributed by atoms with Crippen LogP contribution in [0, 0.1) is 11.2 Å². The molecule has 1 aromatic carbocycles. The molecule has 7 nitrogen and oxygen atoms in total. The number of carbonyl (C=O) groups is 2. The molecule has 0 N–H and O–H groups in total. The van der Waals surface area contributed by atoms with Crippen molar-refractivity contribution in [3.8, 4) is 5.75 Å². The quantitative estimate of drug-likeness (QED) is 0.693. The third kappa shape index (κ3) is 4.91. The van der Waals surface area contributed by atoms with Crippen molar-refractivity contribution in [3.05, 3.63) is 30.1 Å². The third-order valence-corrected chi connectivity index (χ3v) is 7.12. The molecule has 3 heterocycles. The van der Waals surface area contributed by atoms with E-state index in [1.807, 2.05) is 11.8 Å². The Morgan fingerprint density at radius 3 is 2.53 bits per heavy atom. The van der Waals surface area contributed by atoms with E-state index in [2.05, 4.69) is 0 Å². The number of methoxy groups -OCH3 is 1. The van der Waals surface area contributed by atoms with Crippen LogP contribution in [0.1, 0.15) is 39.0 Å². The summed E-state index contributed by atoms with van der Waals surface area (Å²) in [5, 5.41) is 0. The van der Waals surface area contributed by atoms with Crippen LogP contribution in [-0.4, -0.2) is 79.8 Å². The molecule has 0 unspecified atom stereocenters. The van der Waals surface area contributed by atoms with E-state index in [4.69, 9.17) is 14.2 Å². The molecule has 3 aliphatic heterocycles. The second kappa shape index (κ2) is 9.35. The fourth-order valence-electron chi connectivity index (χ4n) is 5.20. The minimum absolute atomic E-state index is 0.0227. The number of hydrogen-bond donors (Lipinski definition) is 0. The van der Waals surface area contributed by atoms with Gasteiger partial charge in [-0.1, -0.05) is 6.92 Å². The summed E-state index contributed by atoms with van der Waals surface area (Å²) < 4.78 is 30.3. The first-order valence-corrected chi connectivity index (χ1v) is 11.4. The molecular formula is C24H33FN2O5. The summed E-state index contributed by atoms with van der Waals surface area (Å²) in [6.07, 6.45) is 3.70. The summed E-state index contributed by atoms with van der Waals surface area (Å²) in [5.41, 5.74) is -0.852. The number of carbonyl (C=O) groups excluding carboxylic acids is 2. The van der Waals surface area contributed by atoms with Crippen LogP contribution in [0.15, 0.2) is 24.3 Å². The molecule has 3 saturated heterocycles. The Morgan fingerprint density at radius 1 is 1.12 bits per heavy atom. The summed E-state index contributed by atoms with van der Waals surface area (Å²) in [7, 11) is 1.52. The summed E-state index contributed by atoms with van der Waals surface area (Å²) in [4.78, 5) is 29.3. The molecule has 1 aromatic rings. The van der Waals surface area contributed by atoms with Crippen molar-refractivity contribution >= 4 is 11.8 Å². The van der Waals surface area contributed by atoms with E-state index >= 15 is 0 Å². The van der Waals surface area contributed by atoms with Gasteiger partial charge in [-0.05, 0) is 49.9 Å². The Hall–Kier alpha value is -2.19. The molecule has 4 rings (SSSR count). The number of ether oxygens (including phenoxy) is 3. The number of piperidine rings is 2. The van der Waals surface area contributed by atoms with E-state index in [9.17, 15) is 14.0 Å².